The minimum atomic E-state index is -1.01. The zero-order valence-electron chi connectivity index (χ0n) is 16.2. The Labute approximate surface area is 171 Å². The van der Waals surface area contributed by atoms with E-state index in [0.717, 1.165) is 17.7 Å². The Bertz CT molecular complexity index is 886. The van der Waals surface area contributed by atoms with Gasteiger partial charge in [-0.25, -0.2) is 9.18 Å². The Morgan fingerprint density at radius 2 is 1.87 bits per heavy atom. The van der Waals surface area contributed by atoms with E-state index in [0.29, 0.717) is 5.69 Å². The molecule has 0 unspecified atom stereocenters. The monoisotopic (exact) mass is 420 g/mol. The highest BCUT2D eigenvalue weighted by Crippen LogP contribution is 2.42. The average Bonchev–Trinajstić information content (AvgIpc) is 3.53. The number of urea groups is 1. The summed E-state index contributed by atoms with van der Waals surface area (Å²) in [6.07, 6.45) is 1.66. The third-order valence-electron chi connectivity index (χ3n) is 4.92. The largest absolute Gasteiger partial charge is 0.454 e. The van der Waals surface area contributed by atoms with Gasteiger partial charge in [-0.05, 0) is 49.9 Å². The van der Waals surface area contributed by atoms with Crippen molar-refractivity contribution in [3.63, 3.8) is 0 Å². The summed E-state index contributed by atoms with van der Waals surface area (Å²) in [6.45, 7) is -0.0430. The lowest BCUT2D eigenvalue weighted by Crippen LogP contribution is -2.46. The molecular formula is C19H21FN4O6. The van der Waals surface area contributed by atoms with Crippen LogP contribution in [0.4, 0.5) is 14.9 Å². The Hall–Kier alpha value is -3.50. The molecule has 1 atom stereocenters. The molecule has 1 aliphatic carbocycles. The number of imide groups is 1. The molecule has 160 valence electrons. The van der Waals surface area contributed by atoms with E-state index >= 15 is 0 Å². The maximum atomic E-state index is 12.8. The molecule has 1 heterocycles. The minimum Gasteiger partial charge on any atom is -0.454 e. The van der Waals surface area contributed by atoms with Crippen molar-refractivity contribution in [2.24, 2.45) is 5.92 Å². The molecule has 10 nitrogen and oxygen atoms in total. The molecule has 2 aliphatic rings. The number of nitrogens with one attached hydrogen (secondary N) is 3. The van der Waals surface area contributed by atoms with Crippen molar-refractivity contribution in [3.8, 4) is 0 Å². The summed E-state index contributed by atoms with van der Waals surface area (Å²) in [5.74, 6) is -3.11. The molecule has 0 bridgehead atoms. The zero-order chi connectivity index (χ0) is 21.9. The number of carbonyl (C=O) groups excluding carboxylic acids is 5. The van der Waals surface area contributed by atoms with E-state index in [9.17, 15) is 28.4 Å². The number of nitrogens with zero attached hydrogens (tertiary/aromatic N) is 1. The molecule has 1 saturated heterocycles. The lowest BCUT2D eigenvalue weighted by Gasteiger charge is -2.20. The first-order chi connectivity index (χ1) is 14.2. The first kappa shape index (κ1) is 21.2. The molecule has 1 saturated carbocycles. The number of ether oxygens (including phenoxy) is 1. The van der Waals surface area contributed by atoms with Gasteiger partial charge >= 0.3 is 12.0 Å². The molecule has 0 aromatic heterocycles. The van der Waals surface area contributed by atoms with E-state index in [1.54, 1.807) is 6.92 Å². The third kappa shape index (κ3) is 4.91. The van der Waals surface area contributed by atoms with Gasteiger partial charge in [-0.2, -0.15) is 0 Å². The highest BCUT2D eigenvalue weighted by Gasteiger charge is 2.56. The van der Waals surface area contributed by atoms with E-state index in [4.69, 9.17) is 4.74 Å². The molecule has 11 heteroatoms. The minimum absolute atomic E-state index is 0.0572. The van der Waals surface area contributed by atoms with E-state index in [1.807, 2.05) is 0 Å². The fourth-order valence-corrected chi connectivity index (χ4v) is 3.09. The quantitative estimate of drug-likeness (QED) is 0.405. The molecule has 5 amide bonds. The van der Waals surface area contributed by atoms with Crippen LogP contribution < -0.4 is 16.0 Å². The topological polar surface area (TPSA) is 134 Å². The van der Waals surface area contributed by atoms with Crippen LogP contribution in [0.2, 0.25) is 0 Å². The van der Waals surface area contributed by atoms with Crippen LogP contribution >= 0.6 is 0 Å². The van der Waals surface area contributed by atoms with E-state index < -0.39 is 54.2 Å². The number of anilines is 1. The number of hydrogen-bond donors (Lipinski definition) is 3. The molecule has 1 aliphatic heterocycles. The van der Waals surface area contributed by atoms with Gasteiger partial charge < -0.3 is 20.7 Å². The van der Waals surface area contributed by atoms with Gasteiger partial charge in [0, 0.05) is 5.69 Å². The van der Waals surface area contributed by atoms with E-state index in [1.165, 1.54) is 24.3 Å². The Morgan fingerprint density at radius 3 is 2.50 bits per heavy atom. The predicted molar refractivity (Wildman–Crippen MR) is 100 cm³/mol. The van der Waals surface area contributed by atoms with Crippen LogP contribution in [0.5, 0.6) is 0 Å². The first-order valence-corrected chi connectivity index (χ1v) is 9.31. The summed E-state index contributed by atoms with van der Waals surface area (Å²) in [4.78, 5) is 60.6. The summed E-state index contributed by atoms with van der Waals surface area (Å²) in [6, 6.07) is 4.40. The fraction of sp³-hybridized carbons (Fsp3) is 0.421. The third-order valence-corrected chi connectivity index (χ3v) is 4.92. The van der Waals surface area contributed by atoms with Crippen molar-refractivity contribution < 1.29 is 33.1 Å². The van der Waals surface area contributed by atoms with Crippen LogP contribution in [0.3, 0.4) is 0 Å². The molecule has 3 N–H and O–H groups in total. The molecule has 1 aromatic rings. The van der Waals surface area contributed by atoms with Gasteiger partial charge in [0.2, 0.25) is 5.91 Å². The number of rotatable bonds is 8. The summed E-state index contributed by atoms with van der Waals surface area (Å²) < 4.78 is 17.6. The Kier molecular flexibility index (Phi) is 5.99. The smallest absolute Gasteiger partial charge is 0.326 e. The number of amides is 5. The van der Waals surface area contributed by atoms with Crippen LogP contribution in [0, 0.1) is 11.7 Å². The first-order valence-electron chi connectivity index (χ1n) is 9.31. The van der Waals surface area contributed by atoms with Crippen molar-refractivity contribution in [2.45, 2.75) is 25.3 Å². The molecular weight excluding hydrogens is 399 g/mol. The van der Waals surface area contributed by atoms with Crippen molar-refractivity contribution >= 4 is 35.4 Å². The van der Waals surface area contributed by atoms with Gasteiger partial charge in [-0.15, -0.1) is 0 Å². The normalized spacial score (nSPS) is 20.5. The summed E-state index contributed by atoms with van der Waals surface area (Å²) in [5, 5.41) is 7.31. The summed E-state index contributed by atoms with van der Waals surface area (Å²) in [5.41, 5.74) is -0.652. The van der Waals surface area contributed by atoms with E-state index in [-0.39, 0.29) is 12.5 Å². The Morgan fingerprint density at radius 1 is 1.20 bits per heavy atom. The second kappa shape index (κ2) is 8.47. The van der Waals surface area contributed by atoms with Crippen LogP contribution in [0.25, 0.3) is 0 Å². The van der Waals surface area contributed by atoms with Gasteiger partial charge in [0.15, 0.2) is 6.61 Å². The number of hydrogen-bond acceptors (Lipinski definition) is 6. The van der Waals surface area contributed by atoms with Crippen molar-refractivity contribution in [2.75, 3.05) is 25.0 Å². The highest BCUT2D eigenvalue weighted by molar-refractivity contribution is 6.09. The summed E-state index contributed by atoms with van der Waals surface area (Å²) in [7, 11) is 0. The zero-order valence-corrected chi connectivity index (χ0v) is 16.2. The van der Waals surface area contributed by atoms with Gasteiger partial charge in [0.25, 0.3) is 11.8 Å². The van der Waals surface area contributed by atoms with Gasteiger partial charge in [0.05, 0.1) is 6.54 Å². The van der Waals surface area contributed by atoms with E-state index in [2.05, 4.69) is 16.0 Å². The fourth-order valence-electron chi connectivity index (χ4n) is 3.09. The van der Waals surface area contributed by atoms with Gasteiger partial charge in [-0.3, -0.25) is 24.1 Å². The van der Waals surface area contributed by atoms with Crippen molar-refractivity contribution in [1.82, 2.24) is 15.5 Å². The summed E-state index contributed by atoms with van der Waals surface area (Å²) >= 11 is 0. The number of carbonyl (C=O) groups is 5. The van der Waals surface area contributed by atoms with Crippen molar-refractivity contribution in [3.05, 3.63) is 30.1 Å². The van der Waals surface area contributed by atoms with Crippen LogP contribution in [-0.2, 0) is 23.9 Å². The number of esters is 1. The lowest BCUT2D eigenvalue weighted by molar-refractivity contribution is -0.151. The predicted octanol–water partition coefficient (Wildman–Crippen LogP) is 0.144. The average molecular weight is 420 g/mol. The molecule has 0 spiro atoms. The second-order valence-electron chi connectivity index (χ2n) is 7.29. The molecule has 0 radical (unpaired) electrons. The standard InChI is InChI=1S/C19H21FN4O6/c1-19(11-2-3-11)17(28)24(18(29)23-19)9-16(27)30-10-15(26)21-8-14(25)22-13-6-4-12(20)5-7-13/h4-7,11H,2-3,8-10H2,1H3,(H,21,26)(H,22,25)(H,23,29)/t19-/m0/s1. The maximum absolute atomic E-state index is 12.8. The molecule has 30 heavy (non-hydrogen) atoms. The van der Waals surface area contributed by atoms with Crippen molar-refractivity contribution in [1.29, 1.82) is 0 Å². The highest BCUT2D eigenvalue weighted by atomic mass is 19.1. The SMILES string of the molecule is C[C@@]1(C2CC2)NC(=O)N(CC(=O)OCC(=O)NCC(=O)Nc2ccc(F)cc2)C1=O. The van der Waals surface area contributed by atoms with Gasteiger partial charge in [-0.1, -0.05) is 0 Å². The molecule has 1 aromatic carbocycles. The van der Waals surface area contributed by atoms with Crippen LogP contribution in [0.1, 0.15) is 19.8 Å². The molecule has 3 rings (SSSR count). The van der Waals surface area contributed by atoms with Gasteiger partial charge in [0.1, 0.15) is 17.9 Å². The lowest BCUT2D eigenvalue weighted by atomic mass is 9.96. The number of benzene rings is 1. The Balaban J connectivity index is 1.37. The van der Waals surface area contributed by atoms with Crippen LogP contribution in [-0.4, -0.2) is 59.9 Å². The maximum Gasteiger partial charge on any atom is 0.326 e. The number of halogens is 1. The van der Waals surface area contributed by atoms with Crippen LogP contribution in [0.15, 0.2) is 24.3 Å². The second-order valence-corrected chi connectivity index (χ2v) is 7.29. The molecule has 2 fully saturated rings.